The molecule has 3 aromatic rings. The Labute approximate surface area is 146 Å². The molecule has 3 rings (SSSR count). The van der Waals surface area contributed by atoms with Gasteiger partial charge in [0.2, 0.25) is 0 Å². The van der Waals surface area contributed by atoms with Crippen molar-refractivity contribution in [2.45, 2.75) is 33.7 Å². The Bertz CT molecular complexity index is 1020. The maximum Gasteiger partial charge on any atom is 0.276 e. The van der Waals surface area contributed by atoms with Crippen molar-refractivity contribution < 1.29 is 4.79 Å². The van der Waals surface area contributed by atoms with Gasteiger partial charge in [0.25, 0.3) is 11.5 Å². The lowest BCUT2D eigenvalue weighted by Gasteiger charge is -2.14. The first-order chi connectivity index (χ1) is 11.9. The third-order valence-electron chi connectivity index (χ3n) is 4.16. The molecule has 1 N–H and O–H groups in total. The van der Waals surface area contributed by atoms with Gasteiger partial charge in [0.15, 0.2) is 5.69 Å². The highest BCUT2D eigenvalue weighted by molar-refractivity contribution is 6.11. The van der Waals surface area contributed by atoms with Gasteiger partial charge in [-0.2, -0.15) is 5.10 Å². The number of aromatic nitrogens is 2. The summed E-state index contributed by atoms with van der Waals surface area (Å²) < 4.78 is 1.36. The number of hydrogen-bond acceptors (Lipinski definition) is 3. The third kappa shape index (κ3) is 3.18. The first kappa shape index (κ1) is 16.9. The van der Waals surface area contributed by atoms with Crippen LogP contribution in [-0.4, -0.2) is 15.7 Å². The number of nitrogens with zero attached hydrogens (tertiary/aromatic N) is 2. The van der Waals surface area contributed by atoms with E-state index in [0.717, 1.165) is 16.8 Å². The second kappa shape index (κ2) is 6.51. The number of amides is 1. The van der Waals surface area contributed by atoms with E-state index in [0.29, 0.717) is 10.8 Å². The monoisotopic (exact) mass is 335 g/mol. The van der Waals surface area contributed by atoms with Crippen molar-refractivity contribution in [3.63, 3.8) is 0 Å². The third-order valence-corrected chi connectivity index (χ3v) is 4.16. The number of fused-ring (bicyclic) bond motifs is 1. The topological polar surface area (TPSA) is 64.0 Å². The molecule has 2 aromatic carbocycles. The lowest BCUT2D eigenvalue weighted by molar-refractivity contribution is 0.102. The van der Waals surface area contributed by atoms with Crippen LogP contribution in [0.1, 0.15) is 41.5 Å². The summed E-state index contributed by atoms with van der Waals surface area (Å²) in [5.74, 6) is -0.322. The van der Waals surface area contributed by atoms with Gasteiger partial charge in [0.1, 0.15) is 0 Å². The molecule has 0 fully saturated rings. The van der Waals surface area contributed by atoms with E-state index in [4.69, 9.17) is 0 Å². The van der Waals surface area contributed by atoms with Gasteiger partial charge in [-0.05, 0) is 45.4 Å². The smallest absolute Gasteiger partial charge is 0.276 e. The summed E-state index contributed by atoms with van der Waals surface area (Å²) in [6.45, 7) is 7.69. The number of hydrogen-bond donors (Lipinski definition) is 1. The molecule has 0 spiro atoms. The van der Waals surface area contributed by atoms with Crippen LogP contribution in [0.25, 0.3) is 10.8 Å². The summed E-state index contributed by atoms with van der Waals surface area (Å²) in [6.07, 6.45) is 0. The molecule has 0 saturated carbocycles. The Morgan fingerprint density at radius 2 is 1.76 bits per heavy atom. The molecule has 0 saturated heterocycles. The van der Waals surface area contributed by atoms with Gasteiger partial charge >= 0.3 is 0 Å². The van der Waals surface area contributed by atoms with Crippen molar-refractivity contribution in [2.75, 3.05) is 5.32 Å². The fraction of sp³-hybridized carbons (Fsp3) is 0.250. The number of nitrogens with one attached hydrogen (secondary N) is 1. The predicted octanol–water partition coefficient (Wildman–Crippen LogP) is 3.85. The fourth-order valence-corrected chi connectivity index (χ4v) is 2.86. The molecule has 5 heteroatoms. The summed E-state index contributed by atoms with van der Waals surface area (Å²) in [5.41, 5.74) is 2.92. The van der Waals surface area contributed by atoms with Crippen LogP contribution in [0.5, 0.6) is 0 Å². The Morgan fingerprint density at radius 1 is 1.08 bits per heavy atom. The normalized spacial score (nSPS) is 11.1. The van der Waals surface area contributed by atoms with Crippen LogP contribution in [0.3, 0.4) is 0 Å². The minimum atomic E-state index is -0.322. The van der Waals surface area contributed by atoms with Crippen molar-refractivity contribution in [3.05, 3.63) is 69.6 Å². The van der Waals surface area contributed by atoms with Gasteiger partial charge in [-0.3, -0.25) is 9.59 Å². The number of carbonyl (C=O) groups excluding carboxylic acids is 1. The van der Waals surface area contributed by atoms with Crippen molar-refractivity contribution >= 4 is 22.4 Å². The summed E-state index contributed by atoms with van der Waals surface area (Å²) in [7, 11) is 0. The second-order valence-electron chi connectivity index (χ2n) is 6.51. The van der Waals surface area contributed by atoms with Crippen molar-refractivity contribution in [3.8, 4) is 0 Å². The lowest BCUT2D eigenvalue weighted by Crippen LogP contribution is -2.29. The molecule has 1 heterocycles. The van der Waals surface area contributed by atoms with Gasteiger partial charge in [-0.25, -0.2) is 4.68 Å². The minimum absolute atomic E-state index is 0.134. The highest BCUT2D eigenvalue weighted by atomic mass is 16.2. The molecular formula is C20H21N3O2. The zero-order valence-electron chi connectivity index (χ0n) is 14.8. The van der Waals surface area contributed by atoms with Gasteiger partial charge in [-0.1, -0.05) is 35.9 Å². The summed E-state index contributed by atoms with van der Waals surface area (Å²) in [5, 5.41) is 8.31. The van der Waals surface area contributed by atoms with Crippen LogP contribution in [0.15, 0.2) is 47.3 Å². The molecular weight excluding hydrogens is 314 g/mol. The first-order valence-corrected chi connectivity index (χ1v) is 8.28. The summed E-state index contributed by atoms with van der Waals surface area (Å²) in [4.78, 5) is 25.4. The number of anilines is 1. The average molecular weight is 335 g/mol. The lowest BCUT2D eigenvalue weighted by atomic mass is 10.1. The minimum Gasteiger partial charge on any atom is -0.320 e. The average Bonchev–Trinajstić information content (AvgIpc) is 2.57. The molecule has 5 nitrogen and oxygen atoms in total. The SMILES string of the molecule is Cc1ccc(NC(=O)c2nn(C(C)C)c(=O)c3ccccc23)c(C)c1. The Hall–Kier alpha value is -2.95. The van der Waals surface area contributed by atoms with Crippen LogP contribution in [0, 0.1) is 13.8 Å². The molecule has 128 valence electrons. The molecule has 0 radical (unpaired) electrons. The van der Waals surface area contributed by atoms with Gasteiger partial charge < -0.3 is 5.32 Å². The van der Waals surface area contributed by atoms with E-state index in [2.05, 4.69) is 10.4 Å². The van der Waals surface area contributed by atoms with E-state index in [9.17, 15) is 9.59 Å². The van der Waals surface area contributed by atoms with Crippen LogP contribution in [0.4, 0.5) is 5.69 Å². The highest BCUT2D eigenvalue weighted by Gasteiger charge is 2.18. The molecule has 1 amide bonds. The zero-order valence-corrected chi connectivity index (χ0v) is 14.8. The molecule has 25 heavy (non-hydrogen) atoms. The summed E-state index contributed by atoms with van der Waals surface area (Å²) in [6, 6.07) is 12.8. The van der Waals surface area contributed by atoms with E-state index in [1.807, 2.05) is 45.9 Å². The number of rotatable bonds is 3. The fourth-order valence-electron chi connectivity index (χ4n) is 2.86. The van der Waals surface area contributed by atoms with E-state index in [1.165, 1.54) is 4.68 Å². The van der Waals surface area contributed by atoms with Crippen LogP contribution >= 0.6 is 0 Å². The quantitative estimate of drug-likeness (QED) is 0.791. The molecule has 0 bridgehead atoms. The Balaban J connectivity index is 2.12. The molecule has 0 unspecified atom stereocenters. The number of benzene rings is 2. The maximum absolute atomic E-state index is 12.9. The zero-order chi connectivity index (χ0) is 18.1. The van der Waals surface area contributed by atoms with Crippen LogP contribution in [0.2, 0.25) is 0 Å². The second-order valence-corrected chi connectivity index (χ2v) is 6.51. The van der Waals surface area contributed by atoms with E-state index in [1.54, 1.807) is 24.3 Å². The van der Waals surface area contributed by atoms with Crippen LogP contribution in [-0.2, 0) is 0 Å². The number of carbonyl (C=O) groups is 1. The van der Waals surface area contributed by atoms with Gasteiger partial charge in [0, 0.05) is 11.1 Å². The standard InChI is InChI=1S/C20H21N3O2/c1-12(2)23-20(25)16-8-6-5-7-15(16)18(22-23)19(24)21-17-10-9-13(3)11-14(17)4/h5-12H,1-4H3,(H,21,24). The maximum atomic E-state index is 12.9. The predicted molar refractivity (Wildman–Crippen MR) is 100 cm³/mol. The first-order valence-electron chi connectivity index (χ1n) is 8.28. The Morgan fingerprint density at radius 3 is 2.40 bits per heavy atom. The molecule has 1 aromatic heterocycles. The Kier molecular flexibility index (Phi) is 4.40. The molecule has 0 aliphatic rings. The largest absolute Gasteiger partial charge is 0.320 e. The van der Waals surface area contributed by atoms with Crippen molar-refractivity contribution in [2.24, 2.45) is 0 Å². The highest BCUT2D eigenvalue weighted by Crippen LogP contribution is 2.19. The molecule has 0 aliphatic carbocycles. The molecule has 0 atom stereocenters. The molecule has 0 aliphatic heterocycles. The van der Waals surface area contributed by atoms with E-state index < -0.39 is 0 Å². The van der Waals surface area contributed by atoms with Gasteiger partial charge in [0.05, 0.1) is 11.4 Å². The number of aryl methyl sites for hydroxylation is 2. The van der Waals surface area contributed by atoms with Crippen molar-refractivity contribution in [1.82, 2.24) is 9.78 Å². The van der Waals surface area contributed by atoms with Gasteiger partial charge in [-0.15, -0.1) is 0 Å². The van der Waals surface area contributed by atoms with E-state index in [-0.39, 0.29) is 23.2 Å². The van der Waals surface area contributed by atoms with E-state index >= 15 is 0 Å². The summed E-state index contributed by atoms with van der Waals surface area (Å²) >= 11 is 0. The van der Waals surface area contributed by atoms with Crippen molar-refractivity contribution in [1.29, 1.82) is 0 Å². The van der Waals surface area contributed by atoms with Crippen LogP contribution < -0.4 is 10.9 Å².